The molecule has 0 unspecified atom stereocenters. The topological polar surface area (TPSA) is 0 Å². The smallest absolute Gasteiger partial charge is 0.00953 e. The first-order chi connectivity index (χ1) is 5.79. The van der Waals surface area contributed by atoms with Crippen LogP contribution in [0.2, 0.25) is 0 Å². The van der Waals surface area contributed by atoms with Gasteiger partial charge in [-0.1, -0.05) is 30.3 Å². The minimum atomic E-state index is 0.853. The van der Waals surface area contributed by atoms with E-state index in [0.29, 0.717) is 0 Å². The van der Waals surface area contributed by atoms with E-state index in [2.05, 4.69) is 23.9 Å². The van der Waals surface area contributed by atoms with Crippen LogP contribution in [0.15, 0.2) is 41.6 Å². The van der Waals surface area contributed by atoms with Crippen molar-refractivity contribution in [3.05, 3.63) is 53.3 Å². The van der Waals surface area contributed by atoms with E-state index < -0.39 is 0 Å². The number of hydrogen-bond donors (Lipinski definition) is 0. The second-order valence-corrected chi connectivity index (χ2v) is 2.96. The van der Waals surface area contributed by atoms with E-state index in [1.165, 1.54) is 11.1 Å². The van der Waals surface area contributed by atoms with Crippen molar-refractivity contribution < 1.29 is 0 Å². The van der Waals surface area contributed by atoms with Gasteiger partial charge in [-0.2, -0.15) is 0 Å². The Morgan fingerprint density at radius 2 is 1.83 bits per heavy atom. The van der Waals surface area contributed by atoms with Gasteiger partial charge < -0.3 is 0 Å². The lowest BCUT2D eigenvalue weighted by Crippen LogP contribution is -1.77. The molecule has 1 aromatic carbocycles. The van der Waals surface area contributed by atoms with Crippen LogP contribution in [0.1, 0.15) is 19.4 Å². The van der Waals surface area contributed by atoms with Crippen molar-refractivity contribution in [3.8, 4) is 0 Å². The Bertz CT molecular complexity index is 283. The second-order valence-electron chi connectivity index (χ2n) is 2.96. The van der Waals surface area contributed by atoms with Crippen molar-refractivity contribution in [1.29, 1.82) is 0 Å². The molecule has 1 radical (unpaired) electrons. The summed E-state index contributed by atoms with van der Waals surface area (Å²) >= 11 is 0. The molecule has 0 spiro atoms. The normalized spacial score (nSPS) is 8.83. The van der Waals surface area contributed by atoms with Crippen molar-refractivity contribution in [1.82, 2.24) is 0 Å². The van der Waals surface area contributed by atoms with Gasteiger partial charge in [0.05, 0.1) is 0 Å². The summed E-state index contributed by atoms with van der Waals surface area (Å²) in [4.78, 5) is 0. The van der Waals surface area contributed by atoms with Crippen LogP contribution in [0.5, 0.6) is 0 Å². The van der Waals surface area contributed by atoms with E-state index in [1.807, 2.05) is 32.0 Å². The maximum Gasteiger partial charge on any atom is 0.00953 e. The van der Waals surface area contributed by atoms with Crippen LogP contribution in [0.4, 0.5) is 0 Å². The lowest BCUT2D eigenvalue weighted by atomic mass is 10.1. The van der Waals surface area contributed by atoms with Crippen molar-refractivity contribution in [2.45, 2.75) is 20.3 Å². The first-order valence-electron chi connectivity index (χ1n) is 4.12. The maximum absolute atomic E-state index is 3.11. The zero-order chi connectivity index (χ0) is 8.81. The summed E-state index contributed by atoms with van der Waals surface area (Å²) in [6.45, 7) is 4.05. The molecule has 0 saturated carbocycles. The molecule has 0 aliphatic heterocycles. The third-order valence-corrected chi connectivity index (χ3v) is 1.47. The summed E-state index contributed by atoms with van der Waals surface area (Å²) in [5.74, 6) is 0. The molecule has 1 rings (SSSR count). The second kappa shape index (κ2) is 4.58. The van der Waals surface area contributed by atoms with E-state index in [-0.39, 0.29) is 0 Å². The van der Waals surface area contributed by atoms with Crippen LogP contribution < -0.4 is 0 Å². The van der Waals surface area contributed by atoms with Crippen LogP contribution in [0.25, 0.3) is 0 Å². The fourth-order valence-electron chi connectivity index (χ4n) is 0.919. The average Bonchev–Trinajstić information content (AvgIpc) is 2.05. The Morgan fingerprint density at radius 3 is 2.42 bits per heavy atom. The summed E-state index contributed by atoms with van der Waals surface area (Å²) < 4.78 is 0. The van der Waals surface area contributed by atoms with Crippen molar-refractivity contribution in [2.75, 3.05) is 0 Å². The fourth-order valence-corrected chi connectivity index (χ4v) is 0.919. The van der Waals surface area contributed by atoms with Crippen LogP contribution >= 0.6 is 0 Å². The molecule has 0 amide bonds. The highest BCUT2D eigenvalue weighted by Crippen LogP contribution is 1.99. The van der Waals surface area contributed by atoms with Gasteiger partial charge in [0.2, 0.25) is 0 Å². The Labute approximate surface area is 74.2 Å². The van der Waals surface area contributed by atoms with Gasteiger partial charge in [-0.3, -0.25) is 0 Å². The summed E-state index contributed by atoms with van der Waals surface area (Å²) in [5.41, 5.74) is 5.52. The van der Waals surface area contributed by atoms with Gasteiger partial charge in [-0.15, -0.1) is 5.73 Å². The minimum Gasteiger partial charge on any atom is -0.118 e. The molecule has 1 aromatic rings. The molecule has 0 fully saturated rings. The zero-order valence-electron chi connectivity index (χ0n) is 7.59. The standard InChI is InChI=1S/C12H13/c1-11(2)7-6-10-12-8-4-3-5-9-12/h3-5,8-9H,10H2,1-2H3. The van der Waals surface area contributed by atoms with Crippen LogP contribution in [0.3, 0.4) is 0 Å². The Balaban J connectivity index is 2.61. The van der Waals surface area contributed by atoms with Gasteiger partial charge in [-0.25, -0.2) is 0 Å². The van der Waals surface area contributed by atoms with Crippen molar-refractivity contribution in [2.24, 2.45) is 0 Å². The van der Waals surface area contributed by atoms with Gasteiger partial charge in [0.1, 0.15) is 0 Å². The predicted molar refractivity (Wildman–Crippen MR) is 51.8 cm³/mol. The lowest BCUT2D eigenvalue weighted by Gasteiger charge is -1.91. The van der Waals surface area contributed by atoms with Crippen LogP contribution in [0, 0.1) is 6.08 Å². The lowest BCUT2D eigenvalue weighted by molar-refractivity contribution is 1.23. The maximum atomic E-state index is 3.11. The zero-order valence-corrected chi connectivity index (χ0v) is 7.59. The number of hydrogen-bond acceptors (Lipinski definition) is 0. The minimum absolute atomic E-state index is 0.853. The number of rotatable bonds is 2. The predicted octanol–water partition coefficient (Wildman–Crippen LogP) is 3.15. The Morgan fingerprint density at radius 1 is 1.17 bits per heavy atom. The molecule has 0 atom stereocenters. The van der Waals surface area contributed by atoms with Gasteiger partial charge in [0.25, 0.3) is 0 Å². The third-order valence-electron chi connectivity index (χ3n) is 1.47. The van der Waals surface area contributed by atoms with E-state index in [4.69, 9.17) is 0 Å². The Hall–Kier alpha value is -1.26. The molecule has 61 valence electrons. The monoisotopic (exact) mass is 157 g/mol. The molecule has 0 heterocycles. The van der Waals surface area contributed by atoms with E-state index in [1.54, 1.807) is 0 Å². The quantitative estimate of drug-likeness (QED) is 0.578. The average molecular weight is 157 g/mol. The van der Waals surface area contributed by atoms with Crippen molar-refractivity contribution in [3.63, 3.8) is 0 Å². The molecule has 0 aliphatic carbocycles. The molecule has 0 bridgehead atoms. The number of allylic oxidation sites excluding steroid dienone is 1. The summed E-state index contributed by atoms with van der Waals surface area (Å²) in [6, 6.07) is 10.3. The van der Waals surface area contributed by atoms with E-state index in [9.17, 15) is 0 Å². The van der Waals surface area contributed by atoms with Crippen LogP contribution in [-0.2, 0) is 6.42 Å². The molecular formula is C12H13. The molecular weight excluding hydrogens is 144 g/mol. The van der Waals surface area contributed by atoms with Gasteiger partial charge in [0, 0.05) is 12.5 Å². The molecule has 0 aromatic heterocycles. The van der Waals surface area contributed by atoms with E-state index >= 15 is 0 Å². The molecule has 0 N–H and O–H groups in total. The fraction of sp³-hybridized carbons (Fsp3) is 0.250. The molecule has 12 heavy (non-hydrogen) atoms. The third kappa shape index (κ3) is 3.23. The summed E-state index contributed by atoms with van der Waals surface area (Å²) in [6.07, 6.45) is 3.97. The first kappa shape index (κ1) is 8.83. The number of benzene rings is 1. The molecule has 0 aliphatic rings. The van der Waals surface area contributed by atoms with Crippen molar-refractivity contribution >= 4 is 0 Å². The van der Waals surface area contributed by atoms with E-state index in [0.717, 1.165) is 6.42 Å². The molecule has 0 saturated heterocycles. The Kier molecular flexibility index (Phi) is 3.37. The molecule has 0 heteroatoms. The highest BCUT2D eigenvalue weighted by atomic mass is 13.9. The molecule has 0 nitrogen and oxygen atoms in total. The van der Waals surface area contributed by atoms with Crippen LogP contribution in [-0.4, -0.2) is 0 Å². The largest absolute Gasteiger partial charge is 0.118 e. The van der Waals surface area contributed by atoms with Gasteiger partial charge in [0.15, 0.2) is 0 Å². The SMILES string of the molecule is CC(C)=C=[C]Cc1ccccc1. The first-order valence-corrected chi connectivity index (χ1v) is 4.12. The van der Waals surface area contributed by atoms with Gasteiger partial charge in [-0.05, 0) is 25.0 Å². The summed E-state index contributed by atoms with van der Waals surface area (Å²) in [7, 11) is 0. The highest BCUT2D eigenvalue weighted by molar-refractivity contribution is 5.16. The summed E-state index contributed by atoms with van der Waals surface area (Å²) in [5, 5.41) is 0. The van der Waals surface area contributed by atoms with Gasteiger partial charge >= 0.3 is 0 Å². The highest BCUT2D eigenvalue weighted by Gasteiger charge is 1.84.